The fourth-order valence-electron chi connectivity index (χ4n) is 3.16. The number of thiophene rings is 1. The van der Waals surface area contributed by atoms with Crippen molar-refractivity contribution in [3.8, 4) is 0 Å². The molecule has 0 bridgehead atoms. The van der Waals surface area contributed by atoms with Crippen LogP contribution in [-0.2, 0) is 0 Å². The molecule has 17 heavy (non-hydrogen) atoms. The van der Waals surface area contributed by atoms with Gasteiger partial charge in [-0.2, -0.15) is 11.3 Å². The number of halogens is 1. The third-order valence-electron chi connectivity index (χ3n) is 4.16. The van der Waals surface area contributed by atoms with E-state index in [2.05, 4.69) is 46.0 Å². The Morgan fingerprint density at radius 3 is 2.88 bits per heavy atom. The van der Waals surface area contributed by atoms with E-state index in [4.69, 9.17) is 0 Å². The lowest BCUT2D eigenvalue weighted by Gasteiger charge is -2.34. The molecule has 0 aromatic carbocycles. The van der Waals surface area contributed by atoms with Crippen LogP contribution in [0.3, 0.4) is 0 Å². The van der Waals surface area contributed by atoms with Crippen LogP contribution < -0.4 is 5.32 Å². The highest BCUT2D eigenvalue weighted by atomic mass is 79.9. The Morgan fingerprint density at radius 2 is 2.29 bits per heavy atom. The molecular weight excluding hydrogens is 294 g/mol. The van der Waals surface area contributed by atoms with Gasteiger partial charge < -0.3 is 5.32 Å². The molecule has 0 saturated heterocycles. The average molecular weight is 316 g/mol. The maximum absolute atomic E-state index is 3.68. The van der Waals surface area contributed by atoms with Gasteiger partial charge in [0.2, 0.25) is 0 Å². The van der Waals surface area contributed by atoms with Crippen LogP contribution in [-0.4, -0.2) is 7.05 Å². The summed E-state index contributed by atoms with van der Waals surface area (Å²) in [7, 11) is 2.10. The molecule has 96 valence electrons. The highest BCUT2D eigenvalue weighted by molar-refractivity contribution is 9.10. The first-order valence-electron chi connectivity index (χ1n) is 6.65. The Bertz CT molecular complexity index is 350. The number of hydrogen-bond donors (Lipinski definition) is 1. The molecule has 1 heterocycles. The molecule has 3 atom stereocenters. The monoisotopic (exact) mass is 315 g/mol. The van der Waals surface area contributed by atoms with E-state index in [0.29, 0.717) is 6.04 Å². The van der Waals surface area contributed by atoms with Gasteiger partial charge in [-0.05, 0) is 58.6 Å². The predicted molar refractivity (Wildman–Crippen MR) is 79.6 cm³/mol. The average Bonchev–Trinajstić information content (AvgIpc) is 2.77. The van der Waals surface area contributed by atoms with Crippen LogP contribution in [0.2, 0.25) is 0 Å². The van der Waals surface area contributed by atoms with Gasteiger partial charge in [0, 0.05) is 15.9 Å². The van der Waals surface area contributed by atoms with E-state index in [1.54, 1.807) is 11.3 Å². The van der Waals surface area contributed by atoms with Crippen molar-refractivity contribution < 1.29 is 0 Å². The lowest BCUT2D eigenvalue weighted by atomic mass is 9.75. The fraction of sp³-hybridized carbons (Fsp3) is 0.714. The second-order valence-electron chi connectivity index (χ2n) is 5.14. The fourth-order valence-corrected chi connectivity index (χ4v) is 4.74. The highest BCUT2D eigenvalue weighted by Crippen LogP contribution is 2.40. The molecule has 3 unspecified atom stereocenters. The maximum atomic E-state index is 3.68. The third-order valence-corrected chi connectivity index (χ3v) is 5.91. The molecule has 1 aliphatic rings. The van der Waals surface area contributed by atoms with Crippen LogP contribution in [0.4, 0.5) is 0 Å². The molecule has 1 aromatic rings. The van der Waals surface area contributed by atoms with Crippen molar-refractivity contribution in [2.45, 2.75) is 45.1 Å². The van der Waals surface area contributed by atoms with Crippen molar-refractivity contribution in [3.05, 3.63) is 20.8 Å². The van der Waals surface area contributed by atoms with Crippen molar-refractivity contribution in [2.24, 2.45) is 11.8 Å². The summed E-state index contributed by atoms with van der Waals surface area (Å²) >= 11 is 5.47. The molecule has 1 saturated carbocycles. The van der Waals surface area contributed by atoms with Crippen molar-refractivity contribution >= 4 is 27.3 Å². The van der Waals surface area contributed by atoms with E-state index in [1.807, 2.05) is 0 Å². The summed E-state index contributed by atoms with van der Waals surface area (Å²) < 4.78 is 1.28. The van der Waals surface area contributed by atoms with E-state index < -0.39 is 0 Å². The minimum atomic E-state index is 0.532. The summed E-state index contributed by atoms with van der Waals surface area (Å²) in [6.07, 6.45) is 6.96. The maximum Gasteiger partial charge on any atom is 0.0365 e. The minimum absolute atomic E-state index is 0.532. The largest absolute Gasteiger partial charge is 0.313 e. The Morgan fingerprint density at radius 1 is 1.47 bits per heavy atom. The molecule has 0 radical (unpaired) electrons. The molecule has 2 rings (SSSR count). The van der Waals surface area contributed by atoms with Crippen LogP contribution in [0, 0.1) is 11.8 Å². The topological polar surface area (TPSA) is 12.0 Å². The highest BCUT2D eigenvalue weighted by Gasteiger charge is 2.29. The molecule has 0 amide bonds. The van der Waals surface area contributed by atoms with Crippen LogP contribution in [0.5, 0.6) is 0 Å². The van der Waals surface area contributed by atoms with Gasteiger partial charge >= 0.3 is 0 Å². The molecule has 1 aliphatic carbocycles. The van der Waals surface area contributed by atoms with E-state index in [0.717, 1.165) is 11.8 Å². The zero-order valence-corrected chi connectivity index (χ0v) is 13.1. The third kappa shape index (κ3) is 3.12. The van der Waals surface area contributed by atoms with Crippen molar-refractivity contribution in [1.82, 2.24) is 5.32 Å². The van der Waals surface area contributed by atoms with Gasteiger partial charge in [-0.1, -0.05) is 26.2 Å². The molecule has 1 aromatic heterocycles. The first-order chi connectivity index (χ1) is 8.26. The molecule has 1 N–H and O–H groups in total. The van der Waals surface area contributed by atoms with Gasteiger partial charge in [-0.15, -0.1) is 0 Å². The number of nitrogens with one attached hydrogen (secondary N) is 1. The van der Waals surface area contributed by atoms with Gasteiger partial charge in [0.15, 0.2) is 0 Å². The lowest BCUT2D eigenvalue weighted by molar-refractivity contribution is 0.214. The summed E-state index contributed by atoms with van der Waals surface area (Å²) in [5.74, 6) is 1.76. The summed E-state index contributed by atoms with van der Waals surface area (Å²) in [4.78, 5) is 0. The summed E-state index contributed by atoms with van der Waals surface area (Å²) in [6, 6.07) is 0.532. The van der Waals surface area contributed by atoms with E-state index in [1.165, 1.54) is 42.1 Å². The van der Waals surface area contributed by atoms with Crippen molar-refractivity contribution in [2.75, 3.05) is 7.05 Å². The molecule has 3 heteroatoms. The number of hydrogen-bond acceptors (Lipinski definition) is 2. The van der Waals surface area contributed by atoms with E-state index in [-0.39, 0.29) is 0 Å². The van der Waals surface area contributed by atoms with Gasteiger partial charge in [-0.25, -0.2) is 0 Å². The number of rotatable bonds is 4. The SMILES string of the molecule is CCC1CCCC(C(NC)c2cscc2Br)C1. The standard InChI is InChI=1S/C14H22BrNS/c1-3-10-5-4-6-11(7-10)14(16-2)12-8-17-9-13(12)15/h8-11,14,16H,3-7H2,1-2H3. The summed E-state index contributed by atoms with van der Waals surface area (Å²) in [6.45, 7) is 2.34. The Labute approximate surface area is 117 Å². The van der Waals surface area contributed by atoms with Gasteiger partial charge in [0.25, 0.3) is 0 Å². The Balaban J connectivity index is 2.10. The molecular formula is C14H22BrNS. The van der Waals surface area contributed by atoms with Crippen molar-refractivity contribution in [1.29, 1.82) is 0 Å². The summed E-state index contributed by atoms with van der Waals surface area (Å²) in [5.41, 5.74) is 1.46. The predicted octanol–water partition coefficient (Wildman–Crippen LogP) is 4.99. The smallest absolute Gasteiger partial charge is 0.0365 e. The molecule has 1 nitrogen and oxygen atoms in total. The second kappa shape index (κ2) is 6.35. The van der Waals surface area contributed by atoms with Crippen LogP contribution in [0.15, 0.2) is 15.2 Å². The summed E-state index contributed by atoms with van der Waals surface area (Å²) in [5, 5.41) is 8.02. The molecule has 0 aliphatic heterocycles. The van der Waals surface area contributed by atoms with Crippen LogP contribution >= 0.6 is 27.3 Å². The normalized spacial score (nSPS) is 27.0. The zero-order chi connectivity index (χ0) is 12.3. The van der Waals surface area contributed by atoms with Crippen molar-refractivity contribution in [3.63, 3.8) is 0 Å². The van der Waals surface area contributed by atoms with Gasteiger partial charge in [-0.3, -0.25) is 0 Å². The second-order valence-corrected chi connectivity index (χ2v) is 6.74. The van der Waals surface area contributed by atoms with Gasteiger partial charge in [0.05, 0.1) is 0 Å². The molecule has 0 spiro atoms. The van der Waals surface area contributed by atoms with Gasteiger partial charge in [0.1, 0.15) is 0 Å². The van der Waals surface area contributed by atoms with E-state index in [9.17, 15) is 0 Å². The van der Waals surface area contributed by atoms with Crippen LogP contribution in [0.25, 0.3) is 0 Å². The molecule has 1 fully saturated rings. The zero-order valence-electron chi connectivity index (χ0n) is 10.7. The van der Waals surface area contributed by atoms with Crippen LogP contribution in [0.1, 0.15) is 50.6 Å². The quantitative estimate of drug-likeness (QED) is 0.825. The lowest BCUT2D eigenvalue weighted by Crippen LogP contribution is -2.29. The Kier molecular flexibility index (Phi) is 5.07. The first kappa shape index (κ1) is 13.6. The Hall–Kier alpha value is 0.140. The minimum Gasteiger partial charge on any atom is -0.313 e. The first-order valence-corrected chi connectivity index (χ1v) is 8.38. The van der Waals surface area contributed by atoms with E-state index >= 15 is 0 Å².